The number of sulfone groups is 1. The Morgan fingerprint density at radius 2 is 1.86 bits per heavy atom. The summed E-state index contributed by atoms with van der Waals surface area (Å²) in [5.41, 5.74) is 8.00. The summed E-state index contributed by atoms with van der Waals surface area (Å²) < 4.78 is 24.9. The Labute approximate surface area is 125 Å². The molecular weight excluding hydrogens is 286 g/mol. The van der Waals surface area contributed by atoms with Crippen molar-refractivity contribution < 1.29 is 8.42 Å². The van der Waals surface area contributed by atoms with Gasteiger partial charge in [-0.1, -0.05) is 13.8 Å². The monoisotopic (exact) mass is 307 g/mol. The molecule has 6 heteroatoms. The van der Waals surface area contributed by atoms with E-state index in [1.54, 1.807) is 36.8 Å². The van der Waals surface area contributed by atoms with Crippen LogP contribution in [0.1, 0.15) is 32.0 Å². The van der Waals surface area contributed by atoms with Crippen molar-refractivity contribution in [2.24, 2.45) is 11.7 Å². The highest BCUT2D eigenvalue weighted by Crippen LogP contribution is 2.22. The van der Waals surface area contributed by atoms with Gasteiger partial charge in [0.15, 0.2) is 9.84 Å². The molecule has 21 heavy (non-hydrogen) atoms. The van der Waals surface area contributed by atoms with E-state index in [0.717, 1.165) is 17.8 Å². The molecule has 1 heterocycles. The largest absolute Gasteiger partial charge is 0.323 e. The highest BCUT2D eigenvalue weighted by Gasteiger charge is 2.15. The van der Waals surface area contributed by atoms with Gasteiger partial charge in [-0.05, 0) is 36.6 Å². The average Bonchev–Trinajstić information content (AvgIpc) is 2.86. The van der Waals surface area contributed by atoms with Gasteiger partial charge in [0, 0.05) is 18.0 Å². The maximum atomic E-state index is 11.5. The molecule has 2 aromatic rings. The fraction of sp³-hybridized carbons (Fsp3) is 0.400. The molecule has 1 unspecified atom stereocenters. The Morgan fingerprint density at radius 1 is 1.24 bits per heavy atom. The van der Waals surface area contributed by atoms with E-state index in [4.69, 9.17) is 5.73 Å². The van der Waals surface area contributed by atoms with Gasteiger partial charge in [0.1, 0.15) is 0 Å². The quantitative estimate of drug-likeness (QED) is 0.919. The van der Waals surface area contributed by atoms with Crippen LogP contribution in [0.3, 0.4) is 0 Å². The highest BCUT2D eigenvalue weighted by atomic mass is 32.2. The van der Waals surface area contributed by atoms with Gasteiger partial charge in [-0.25, -0.2) is 13.4 Å². The molecule has 2 rings (SSSR count). The SMILES string of the molecule is CC(C)CC(N)c1cncn1-c1ccc(S(C)(=O)=O)cc1. The number of rotatable bonds is 5. The molecule has 1 atom stereocenters. The number of nitrogens with zero attached hydrogens (tertiary/aromatic N) is 2. The summed E-state index contributed by atoms with van der Waals surface area (Å²) in [6, 6.07) is 6.64. The zero-order valence-corrected chi connectivity index (χ0v) is 13.3. The molecule has 1 aromatic carbocycles. The van der Waals surface area contributed by atoms with Crippen LogP contribution in [0.2, 0.25) is 0 Å². The average molecular weight is 307 g/mol. The van der Waals surface area contributed by atoms with Gasteiger partial charge in [0.05, 0.1) is 23.1 Å². The van der Waals surface area contributed by atoms with Crippen LogP contribution >= 0.6 is 0 Å². The van der Waals surface area contributed by atoms with E-state index in [1.165, 1.54) is 6.26 Å². The van der Waals surface area contributed by atoms with Crippen molar-refractivity contribution in [1.29, 1.82) is 0 Å². The molecule has 0 aliphatic heterocycles. The first-order valence-corrected chi connectivity index (χ1v) is 8.76. The molecule has 0 spiro atoms. The minimum Gasteiger partial charge on any atom is -0.323 e. The van der Waals surface area contributed by atoms with Crippen LogP contribution in [0.4, 0.5) is 0 Å². The number of imidazole rings is 1. The zero-order valence-electron chi connectivity index (χ0n) is 12.5. The molecule has 0 aliphatic rings. The lowest BCUT2D eigenvalue weighted by atomic mass is 10.0. The van der Waals surface area contributed by atoms with Gasteiger partial charge in [0.2, 0.25) is 0 Å². The van der Waals surface area contributed by atoms with Gasteiger partial charge in [-0.15, -0.1) is 0 Å². The van der Waals surface area contributed by atoms with Crippen LogP contribution in [0.25, 0.3) is 5.69 Å². The Balaban J connectivity index is 2.33. The van der Waals surface area contributed by atoms with Crippen molar-refractivity contribution >= 4 is 9.84 Å². The van der Waals surface area contributed by atoms with Gasteiger partial charge < -0.3 is 10.3 Å². The second kappa shape index (κ2) is 5.99. The standard InChI is InChI=1S/C15H21N3O2S/c1-11(2)8-14(16)15-9-17-10-18(15)12-4-6-13(7-5-12)21(3,19)20/h4-7,9-11,14H,8,16H2,1-3H3. The van der Waals surface area contributed by atoms with Crippen LogP contribution in [0.15, 0.2) is 41.7 Å². The van der Waals surface area contributed by atoms with Crippen LogP contribution in [0, 0.1) is 5.92 Å². The molecule has 5 nitrogen and oxygen atoms in total. The van der Waals surface area contributed by atoms with Crippen molar-refractivity contribution in [1.82, 2.24) is 9.55 Å². The first-order chi connectivity index (χ1) is 9.79. The zero-order chi connectivity index (χ0) is 15.6. The van der Waals surface area contributed by atoms with E-state index in [0.29, 0.717) is 10.8 Å². The van der Waals surface area contributed by atoms with Crippen LogP contribution in [-0.2, 0) is 9.84 Å². The molecular formula is C15H21N3O2S. The van der Waals surface area contributed by atoms with Crippen LogP contribution in [-0.4, -0.2) is 24.2 Å². The molecule has 114 valence electrons. The maximum Gasteiger partial charge on any atom is 0.175 e. The third-order valence-corrected chi connectivity index (χ3v) is 4.44. The summed E-state index contributed by atoms with van der Waals surface area (Å²) in [4.78, 5) is 4.47. The second-order valence-corrected chi connectivity index (χ2v) is 7.71. The maximum absolute atomic E-state index is 11.5. The van der Waals surface area contributed by atoms with Crippen molar-refractivity contribution in [3.63, 3.8) is 0 Å². The fourth-order valence-electron chi connectivity index (χ4n) is 2.28. The number of hydrogen-bond donors (Lipinski definition) is 1. The molecule has 0 fully saturated rings. The predicted molar refractivity (Wildman–Crippen MR) is 83.1 cm³/mol. The molecule has 1 aromatic heterocycles. The Bertz CT molecular complexity index is 703. The Hall–Kier alpha value is -1.66. The molecule has 0 bridgehead atoms. The summed E-state index contributed by atoms with van der Waals surface area (Å²) in [7, 11) is -3.18. The van der Waals surface area contributed by atoms with Crippen molar-refractivity contribution in [3.8, 4) is 5.69 Å². The second-order valence-electron chi connectivity index (χ2n) is 5.69. The first-order valence-electron chi connectivity index (χ1n) is 6.87. The summed E-state index contributed by atoms with van der Waals surface area (Å²) in [5.74, 6) is 0.496. The van der Waals surface area contributed by atoms with E-state index < -0.39 is 9.84 Å². The fourth-order valence-corrected chi connectivity index (χ4v) is 2.91. The van der Waals surface area contributed by atoms with Crippen LogP contribution < -0.4 is 5.73 Å². The van der Waals surface area contributed by atoms with Crippen molar-refractivity contribution in [2.75, 3.05) is 6.26 Å². The van der Waals surface area contributed by atoms with Crippen LogP contribution in [0.5, 0.6) is 0 Å². The number of hydrogen-bond acceptors (Lipinski definition) is 4. The van der Waals surface area contributed by atoms with Gasteiger partial charge >= 0.3 is 0 Å². The molecule has 0 saturated carbocycles. The van der Waals surface area contributed by atoms with Gasteiger partial charge in [-0.3, -0.25) is 0 Å². The van der Waals surface area contributed by atoms with Crippen molar-refractivity contribution in [3.05, 3.63) is 42.5 Å². The molecule has 2 N–H and O–H groups in total. The van der Waals surface area contributed by atoms with E-state index >= 15 is 0 Å². The lowest BCUT2D eigenvalue weighted by Crippen LogP contribution is -2.16. The number of aromatic nitrogens is 2. The minimum atomic E-state index is -3.18. The summed E-state index contributed by atoms with van der Waals surface area (Å²) in [5, 5.41) is 0. The summed E-state index contributed by atoms with van der Waals surface area (Å²) >= 11 is 0. The molecule has 0 radical (unpaired) electrons. The first kappa shape index (κ1) is 15.7. The highest BCUT2D eigenvalue weighted by molar-refractivity contribution is 7.90. The molecule has 0 amide bonds. The normalized spacial score (nSPS) is 13.6. The van der Waals surface area contributed by atoms with Gasteiger partial charge in [-0.2, -0.15) is 0 Å². The summed E-state index contributed by atoms with van der Waals surface area (Å²) in [6.45, 7) is 4.25. The smallest absolute Gasteiger partial charge is 0.175 e. The van der Waals surface area contributed by atoms with E-state index in [9.17, 15) is 8.42 Å². The number of benzene rings is 1. The van der Waals surface area contributed by atoms with Gasteiger partial charge in [0.25, 0.3) is 0 Å². The van der Waals surface area contributed by atoms with Crippen molar-refractivity contribution in [2.45, 2.75) is 31.2 Å². The molecule has 0 aliphatic carbocycles. The minimum absolute atomic E-state index is 0.0953. The summed E-state index contributed by atoms with van der Waals surface area (Å²) in [6.07, 6.45) is 5.53. The third-order valence-electron chi connectivity index (χ3n) is 3.32. The van der Waals surface area contributed by atoms with E-state index in [2.05, 4.69) is 18.8 Å². The predicted octanol–water partition coefficient (Wildman–Crippen LogP) is 2.32. The Morgan fingerprint density at radius 3 is 2.38 bits per heavy atom. The lowest BCUT2D eigenvalue weighted by Gasteiger charge is -2.16. The molecule has 0 saturated heterocycles. The topological polar surface area (TPSA) is 78.0 Å². The lowest BCUT2D eigenvalue weighted by molar-refractivity contribution is 0.498. The Kier molecular flexibility index (Phi) is 4.49. The number of nitrogens with two attached hydrogens (primary N) is 1. The van der Waals surface area contributed by atoms with E-state index in [-0.39, 0.29) is 6.04 Å². The van der Waals surface area contributed by atoms with E-state index in [1.807, 2.05) is 4.57 Å². The third kappa shape index (κ3) is 3.71.